The fraction of sp³-hybridized carbons (Fsp3) is 0.600. The number of hydrogen-bond acceptors (Lipinski definition) is 7. The molecule has 2 saturated heterocycles. The van der Waals surface area contributed by atoms with Gasteiger partial charge in [-0.1, -0.05) is 6.42 Å². The zero-order valence-corrected chi connectivity index (χ0v) is 16.0. The van der Waals surface area contributed by atoms with Gasteiger partial charge in [0.25, 0.3) is 0 Å². The summed E-state index contributed by atoms with van der Waals surface area (Å²) in [4.78, 5) is 20.7. The third-order valence-corrected chi connectivity index (χ3v) is 5.42. The quantitative estimate of drug-likeness (QED) is 0.868. The number of aromatic nitrogens is 4. The molecule has 2 aromatic rings. The van der Waals surface area contributed by atoms with Crippen LogP contribution in [0, 0.1) is 12.8 Å². The molecule has 1 atom stereocenters. The minimum Gasteiger partial charge on any atom is -0.381 e. The smallest absolute Gasteiger partial charge is 0.228 e. The highest BCUT2D eigenvalue weighted by Gasteiger charge is 2.29. The van der Waals surface area contributed by atoms with Gasteiger partial charge in [0.05, 0.1) is 6.04 Å². The van der Waals surface area contributed by atoms with Gasteiger partial charge in [-0.15, -0.1) is 0 Å². The molecule has 27 heavy (non-hydrogen) atoms. The van der Waals surface area contributed by atoms with Crippen molar-refractivity contribution in [3.8, 4) is 0 Å². The Labute approximate surface area is 160 Å². The van der Waals surface area contributed by atoms with E-state index in [1.54, 1.807) is 18.5 Å². The molecule has 0 saturated carbocycles. The SMILES string of the molecule is Cc1cc(Nc2ncccn2)nc(C2CCCCN2CC2CCOCC2)n1. The average molecular weight is 368 g/mol. The maximum atomic E-state index is 5.53. The first-order chi connectivity index (χ1) is 13.3. The Morgan fingerprint density at radius 2 is 1.93 bits per heavy atom. The molecule has 1 unspecified atom stereocenters. The Kier molecular flexibility index (Phi) is 5.89. The molecule has 4 rings (SSSR count). The molecule has 7 nitrogen and oxygen atoms in total. The molecule has 1 N–H and O–H groups in total. The molecule has 0 radical (unpaired) electrons. The number of hydrogen-bond donors (Lipinski definition) is 1. The molecule has 0 bridgehead atoms. The van der Waals surface area contributed by atoms with Gasteiger partial charge in [-0.3, -0.25) is 4.90 Å². The third-order valence-electron chi connectivity index (χ3n) is 5.42. The summed E-state index contributed by atoms with van der Waals surface area (Å²) in [6.45, 7) is 6.07. The molecule has 7 heteroatoms. The van der Waals surface area contributed by atoms with Crippen molar-refractivity contribution in [2.75, 3.05) is 31.6 Å². The second kappa shape index (κ2) is 8.71. The summed E-state index contributed by atoms with van der Waals surface area (Å²) in [7, 11) is 0. The Hall–Kier alpha value is -2.12. The van der Waals surface area contributed by atoms with E-state index in [9.17, 15) is 0 Å². The van der Waals surface area contributed by atoms with Crippen LogP contribution in [0.5, 0.6) is 0 Å². The van der Waals surface area contributed by atoms with Crippen molar-refractivity contribution in [2.45, 2.75) is 45.1 Å². The van der Waals surface area contributed by atoms with Crippen LogP contribution >= 0.6 is 0 Å². The van der Waals surface area contributed by atoms with Gasteiger partial charge in [-0.2, -0.15) is 0 Å². The molecule has 0 aliphatic carbocycles. The first kappa shape index (κ1) is 18.3. The third kappa shape index (κ3) is 4.78. The Balaban J connectivity index is 1.52. The van der Waals surface area contributed by atoms with Crippen molar-refractivity contribution in [1.82, 2.24) is 24.8 Å². The number of aryl methyl sites for hydroxylation is 1. The number of likely N-dealkylation sites (tertiary alicyclic amines) is 1. The molecule has 0 spiro atoms. The molecule has 2 aromatic heterocycles. The Morgan fingerprint density at radius 1 is 1.11 bits per heavy atom. The summed E-state index contributed by atoms with van der Waals surface area (Å²) in [5, 5.41) is 3.21. The van der Waals surface area contributed by atoms with Crippen LogP contribution in [-0.2, 0) is 4.74 Å². The van der Waals surface area contributed by atoms with E-state index in [1.165, 1.54) is 12.8 Å². The predicted octanol–water partition coefficient (Wildman–Crippen LogP) is 3.27. The van der Waals surface area contributed by atoms with Gasteiger partial charge in [-0.25, -0.2) is 19.9 Å². The lowest BCUT2D eigenvalue weighted by molar-refractivity contribution is 0.0370. The van der Waals surface area contributed by atoms with Crippen molar-refractivity contribution >= 4 is 11.8 Å². The van der Waals surface area contributed by atoms with E-state index in [1.807, 2.05) is 13.0 Å². The number of ether oxygens (including phenoxy) is 1. The first-order valence-electron chi connectivity index (χ1n) is 9.99. The molecular weight excluding hydrogens is 340 g/mol. The van der Waals surface area contributed by atoms with Gasteiger partial charge in [-0.05, 0) is 51.1 Å². The summed E-state index contributed by atoms with van der Waals surface area (Å²) < 4.78 is 5.53. The molecule has 2 fully saturated rings. The zero-order chi connectivity index (χ0) is 18.5. The number of rotatable bonds is 5. The highest BCUT2D eigenvalue weighted by molar-refractivity contribution is 5.47. The summed E-state index contributed by atoms with van der Waals surface area (Å²) >= 11 is 0. The van der Waals surface area contributed by atoms with Gasteiger partial charge in [0.1, 0.15) is 11.6 Å². The molecule has 2 aliphatic heterocycles. The average Bonchev–Trinajstić information content (AvgIpc) is 2.69. The lowest BCUT2D eigenvalue weighted by Gasteiger charge is -2.38. The number of anilines is 2. The number of nitrogens with one attached hydrogen (secondary N) is 1. The fourth-order valence-corrected chi connectivity index (χ4v) is 4.05. The van der Waals surface area contributed by atoms with Crippen LogP contribution in [-0.4, -0.2) is 51.1 Å². The summed E-state index contributed by atoms with van der Waals surface area (Å²) in [5.41, 5.74) is 0.968. The van der Waals surface area contributed by atoms with Crippen LogP contribution in [0.4, 0.5) is 11.8 Å². The molecular formula is C20H28N6O. The van der Waals surface area contributed by atoms with E-state index in [4.69, 9.17) is 14.7 Å². The van der Waals surface area contributed by atoms with Crippen molar-refractivity contribution in [1.29, 1.82) is 0 Å². The van der Waals surface area contributed by atoms with E-state index in [2.05, 4.69) is 20.2 Å². The highest BCUT2D eigenvalue weighted by Crippen LogP contribution is 2.32. The summed E-state index contributed by atoms with van der Waals surface area (Å²) in [6, 6.07) is 4.04. The van der Waals surface area contributed by atoms with Crippen LogP contribution in [0.25, 0.3) is 0 Å². The van der Waals surface area contributed by atoms with Crippen molar-refractivity contribution in [2.24, 2.45) is 5.92 Å². The van der Waals surface area contributed by atoms with E-state index in [0.29, 0.717) is 12.0 Å². The largest absolute Gasteiger partial charge is 0.381 e. The van der Waals surface area contributed by atoms with Crippen LogP contribution in [0.1, 0.15) is 49.7 Å². The van der Waals surface area contributed by atoms with E-state index >= 15 is 0 Å². The van der Waals surface area contributed by atoms with Crippen molar-refractivity contribution < 1.29 is 4.74 Å². The topological polar surface area (TPSA) is 76.1 Å². The molecule has 144 valence electrons. The maximum absolute atomic E-state index is 5.53. The van der Waals surface area contributed by atoms with E-state index < -0.39 is 0 Å². The zero-order valence-electron chi connectivity index (χ0n) is 16.0. The Morgan fingerprint density at radius 3 is 2.74 bits per heavy atom. The summed E-state index contributed by atoms with van der Waals surface area (Å²) in [6.07, 6.45) is 9.38. The van der Waals surface area contributed by atoms with E-state index in [-0.39, 0.29) is 0 Å². The monoisotopic (exact) mass is 368 g/mol. The van der Waals surface area contributed by atoms with Gasteiger partial charge in [0.15, 0.2) is 0 Å². The Bertz CT molecular complexity index is 735. The normalized spacial score (nSPS) is 21.9. The van der Waals surface area contributed by atoms with Crippen LogP contribution in [0.15, 0.2) is 24.5 Å². The van der Waals surface area contributed by atoms with Gasteiger partial charge >= 0.3 is 0 Å². The van der Waals surface area contributed by atoms with Crippen molar-refractivity contribution in [3.05, 3.63) is 36.0 Å². The van der Waals surface area contributed by atoms with E-state index in [0.717, 1.165) is 68.8 Å². The molecule has 0 aromatic carbocycles. The van der Waals surface area contributed by atoms with Gasteiger partial charge in [0, 0.05) is 43.9 Å². The van der Waals surface area contributed by atoms with Crippen LogP contribution < -0.4 is 5.32 Å². The van der Waals surface area contributed by atoms with Gasteiger partial charge in [0.2, 0.25) is 5.95 Å². The van der Waals surface area contributed by atoms with Crippen molar-refractivity contribution in [3.63, 3.8) is 0 Å². The standard InChI is InChI=1S/C20H28N6O/c1-15-13-18(25-20-21-8-4-9-22-20)24-19(23-15)17-5-2-3-10-26(17)14-16-6-11-27-12-7-16/h4,8-9,13,16-17H,2-3,5-7,10-12,14H2,1H3,(H,21,22,23,24,25). The predicted molar refractivity (Wildman–Crippen MR) is 104 cm³/mol. The second-order valence-electron chi connectivity index (χ2n) is 7.51. The highest BCUT2D eigenvalue weighted by atomic mass is 16.5. The minimum absolute atomic E-state index is 0.290. The molecule has 2 aliphatic rings. The maximum Gasteiger partial charge on any atom is 0.228 e. The summed E-state index contributed by atoms with van der Waals surface area (Å²) in [5.74, 6) is 2.96. The molecule has 0 amide bonds. The first-order valence-corrected chi connectivity index (χ1v) is 9.99. The number of piperidine rings is 1. The van der Waals surface area contributed by atoms with Gasteiger partial charge < -0.3 is 10.1 Å². The van der Waals surface area contributed by atoms with Crippen LogP contribution in [0.3, 0.4) is 0 Å². The second-order valence-corrected chi connectivity index (χ2v) is 7.51. The number of nitrogens with zero attached hydrogens (tertiary/aromatic N) is 5. The minimum atomic E-state index is 0.290. The van der Waals surface area contributed by atoms with Crippen LogP contribution in [0.2, 0.25) is 0 Å². The fourth-order valence-electron chi connectivity index (χ4n) is 4.05. The lowest BCUT2D eigenvalue weighted by atomic mass is 9.95. The molecule has 4 heterocycles. The lowest BCUT2D eigenvalue weighted by Crippen LogP contribution is -2.39.